The first-order valence-corrected chi connectivity index (χ1v) is 10.8. The molecule has 0 bridgehead atoms. The SMILES string of the molecule is CC[C@@]1(C)C[C@@](CC[NH2+]Cc2ccc(OC)cc2)(c2ccc(OC)cc2)CCO1. The highest BCUT2D eigenvalue weighted by Crippen LogP contribution is 2.45. The molecule has 1 aliphatic rings. The molecule has 3 rings (SSSR count). The van der Waals surface area contributed by atoms with Gasteiger partial charge in [-0.3, -0.25) is 0 Å². The molecule has 0 unspecified atom stereocenters. The lowest BCUT2D eigenvalue weighted by Crippen LogP contribution is -2.83. The van der Waals surface area contributed by atoms with Crippen molar-refractivity contribution in [2.75, 3.05) is 27.4 Å². The maximum absolute atomic E-state index is 6.19. The standard InChI is InChI=1S/C25H35NO3/c1-5-24(2)19-25(15-17-29-24,21-8-12-23(28-4)13-9-21)14-16-26-18-20-6-10-22(27-3)11-7-20/h6-13,26H,5,14-19H2,1-4H3/p+1/t24-,25-/m0/s1. The van der Waals surface area contributed by atoms with Crippen LogP contribution in [0.1, 0.15) is 50.7 Å². The van der Waals surface area contributed by atoms with Crippen molar-refractivity contribution in [2.24, 2.45) is 0 Å². The summed E-state index contributed by atoms with van der Waals surface area (Å²) in [6, 6.07) is 17.1. The second kappa shape index (κ2) is 9.64. The van der Waals surface area contributed by atoms with E-state index < -0.39 is 0 Å². The maximum atomic E-state index is 6.19. The fourth-order valence-electron chi connectivity index (χ4n) is 4.53. The predicted octanol–water partition coefficient (Wildman–Crippen LogP) is 4.07. The minimum Gasteiger partial charge on any atom is -0.497 e. The Morgan fingerprint density at radius 3 is 2.17 bits per heavy atom. The van der Waals surface area contributed by atoms with Crippen molar-refractivity contribution >= 4 is 0 Å². The molecule has 0 spiro atoms. The van der Waals surface area contributed by atoms with Crippen molar-refractivity contribution in [3.8, 4) is 11.5 Å². The van der Waals surface area contributed by atoms with E-state index in [9.17, 15) is 0 Å². The molecule has 29 heavy (non-hydrogen) atoms. The number of hydrogen-bond acceptors (Lipinski definition) is 3. The van der Waals surface area contributed by atoms with E-state index in [1.807, 2.05) is 12.1 Å². The Bertz CT molecular complexity index is 759. The lowest BCUT2D eigenvalue weighted by Gasteiger charge is -2.46. The van der Waals surface area contributed by atoms with E-state index in [2.05, 4.69) is 55.6 Å². The van der Waals surface area contributed by atoms with Gasteiger partial charge in [0.2, 0.25) is 0 Å². The molecule has 2 aromatic rings. The largest absolute Gasteiger partial charge is 0.497 e. The van der Waals surface area contributed by atoms with Gasteiger partial charge in [0.15, 0.2) is 0 Å². The zero-order valence-electron chi connectivity index (χ0n) is 18.4. The molecule has 158 valence electrons. The van der Waals surface area contributed by atoms with Crippen LogP contribution in [0.2, 0.25) is 0 Å². The van der Waals surface area contributed by atoms with E-state index in [0.29, 0.717) is 0 Å². The Balaban J connectivity index is 1.69. The Hall–Kier alpha value is -2.04. The summed E-state index contributed by atoms with van der Waals surface area (Å²) in [6.45, 7) is 7.42. The highest BCUT2D eigenvalue weighted by atomic mass is 16.5. The minimum absolute atomic E-state index is 0.0475. The van der Waals surface area contributed by atoms with Gasteiger partial charge in [0.25, 0.3) is 0 Å². The van der Waals surface area contributed by atoms with Crippen molar-refractivity contribution < 1.29 is 19.5 Å². The normalized spacial score (nSPS) is 24.3. The topological polar surface area (TPSA) is 44.3 Å². The van der Waals surface area contributed by atoms with E-state index in [-0.39, 0.29) is 11.0 Å². The molecule has 2 atom stereocenters. The number of rotatable bonds is 9. The second-order valence-electron chi connectivity index (χ2n) is 8.47. The molecule has 4 heteroatoms. The van der Waals surface area contributed by atoms with Crippen LogP contribution in [0, 0.1) is 0 Å². The Labute approximate surface area is 175 Å². The van der Waals surface area contributed by atoms with Gasteiger partial charge in [0.1, 0.15) is 18.0 Å². The Morgan fingerprint density at radius 1 is 0.966 bits per heavy atom. The second-order valence-corrected chi connectivity index (χ2v) is 8.47. The average Bonchev–Trinajstić information content (AvgIpc) is 2.77. The smallest absolute Gasteiger partial charge is 0.118 e. The zero-order chi connectivity index (χ0) is 20.7. The molecule has 0 saturated carbocycles. The van der Waals surface area contributed by atoms with Crippen LogP contribution >= 0.6 is 0 Å². The molecular weight excluding hydrogens is 362 g/mol. The summed E-state index contributed by atoms with van der Waals surface area (Å²) in [5, 5.41) is 2.42. The van der Waals surface area contributed by atoms with E-state index in [1.165, 1.54) is 11.1 Å². The highest BCUT2D eigenvalue weighted by Gasteiger charge is 2.43. The van der Waals surface area contributed by atoms with Gasteiger partial charge in [-0.15, -0.1) is 0 Å². The minimum atomic E-state index is -0.0475. The first-order valence-electron chi connectivity index (χ1n) is 10.8. The number of nitrogens with two attached hydrogens (primary N) is 1. The molecule has 1 fully saturated rings. The van der Waals surface area contributed by atoms with Gasteiger partial charge in [-0.2, -0.15) is 0 Å². The number of quaternary nitrogens is 1. The summed E-state index contributed by atoms with van der Waals surface area (Å²) < 4.78 is 16.8. The number of ether oxygens (including phenoxy) is 3. The van der Waals surface area contributed by atoms with Gasteiger partial charge in [0, 0.05) is 24.0 Å². The van der Waals surface area contributed by atoms with Crippen LogP contribution in [-0.4, -0.2) is 33.0 Å². The lowest BCUT2D eigenvalue weighted by molar-refractivity contribution is -0.672. The zero-order valence-corrected chi connectivity index (χ0v) is 18.4. The van der Waals surface area contributed by atoms with E-state index in [0.717, 1.165) is 56.9 Å². The molecule has 2 N–H and O–H groups in total. The average molecular weight is 399 g/mol. The van der Waals surface area contributed by atoms with Crippen molar-refractivity contribution in [2.45, 2.75) is 57.1 Å². The molecule has 1 aliphatic heterocycles. The third kappa shape index (κ3) is 5.31. The van der Waals surface area contributed by atoms with Crippen molar-refractivity contribution in [1.82, 2.24) is 0 Å². The Kier molecular flexibility index (Phi) is 7.20. The molecule has 0 radical (unpaired) electrons. The van der Waals surface area contributed by atoms with E-state index in [4.69, 9.17) is 14.2 Å². The van der Waals surface area contributed by atoms with Crippen LogP contribution < -0.4 is 14.8 Å². The third-order valence-corrected chi connectivity index (χ3v) is 6.56. The fourth-order valence-corrected chi connectivity index (χ4v) is 4.53. The van der Waals surface area contributed by atoms with E-state index in [1.54, 1.807) is 14.2 Å². The van der Waals surface area contributed by atoms with Crippen molar-refractivity contribution in [3.63, 3.8) is 0 Å². The third-order valence-electron chi connectivity index (χ3n) is 6.56. The van der Waals surface area contributed by atoms with Crippen LogP contribution in [0.25, 0.3) is 0 Å². The predicted molar refractivity (Wildman–Crippen MR) is 117 cm³/mol. The number of methoxy groups -OCH3 is 2. The van der Waals surface area contributed by atoms with Gasteiger partial charge in [-0.25, -0.2) is 0 Å². The maximum Gasteiger partial charge on any atom is 0.118 e. The van der Waals surface area contributed by atoms with Crippen molar-refractivity contribution in [1.29, 1.82) is 0 Å². The molecule has 2 aromatic carbocycles. The van der Waals surface area contributed by atoms with Crippen LogP contribution in [0.3, 0.4) is 0 Å². The van der Waals surface area contributed by atoms with Crippen LogP contribution in [0.15, 0.2) is 48.5 Å². The number of hydrogen-bond donors (Lipinski definition) is 1. The van der Waals surface area contributed by atoms with Gasteiger partial charge in [-0.05, 0) is 68.1 Å². The van der Waals surface area contributed by atoms with Gasteiger partial charge < -0.3 is 19.5 Å². The van der Waals surface area contributed by atoms with Gasteiger partial charge in [0.05, 0.1) is 26.4 Å². The molecule has 0 aliphatic carbocycles. The number of benzene rings is 2. The lowest BCUT2D eigenvalue weighted by atomic mass is 9.66. The summed E-state index contributed by atoms with van der Waals surface area (Å²) in [6.07, 6.45) is 4.33. The van der Waals surface area contributed by atoms with Crippen LogP contribution in [0.5, 0.6) is 11.5 Å². The Morgan fingerprint density at radius 2 is 1.59 bits per heavy atom. The van der Waals surface area contributed by atoms with Crippen LogP contribution in [-0.2, 0) is 16.7 Å². The molecule has 1 saturated heterocycles. The summed E-state index contributed by atoms with van der Waals surface area (Å²) >= 11 is 0. The van der Waals surface area contributed by atoms with Crippen LogP contribution in [0.4, 0.5) is 0 Å². The first kappa shape index (κ1) is 21.7. The molecular formula is C25H36NO3+. The summed E-state index contributed by atoms with van der Waals surface area (Å²) in [7, 11) is 3.43. The summed E-state index contributed by atoms with van der Waals surface area (Å²) in [4.78, 5) is 0. The van der Waals surface area contributed by atoms with Crippen molar-refractivity contribution in [3.05, 3.63) is 59.7 Å². The molecule has 4 nitrogen and oxygen atoms in total. The first-order chi connectivity index (χ1) is 14.0. The molecule has 0 aromatic heterocycles. The summed E-state index contributed by atoms with van der Waals surface area (Å²) in [5.74, 6) is 1.83. The van der Waals surface area contributed by atoms with Gasteiger partial charge in [-0.1, -0.05) is 19.1 Å². The highest BCUT2D eigenvalue weighted by molar-refractivity contribution is 5.33. The van der Waals surface area contributed by atoms with E-state index >= 15 is 0 Å². The molecule has 0 amide bonds. The quantitative estimate of drug-likeness (QED) is 0.648. The van der Waals surface area contributed by atoms with Gasteiger partial charge >= 0.3 is 0 Å². The molecule has 1 heterocycles. The summed E-state index contributed by atoms with van der Waals surface area (Å²) in [5.41, 5.74) is 2.86. The fraction of sp³-hybridized carbons (Fsp3) is 0.520. The monoisotopic (exact) mass is 398 g/mol.